The zero-order valence-corrected chi connectivity index (χ0v) is 15.9. The molecule has 2 heterocycles. The van der Waals surface area contributed by atoms with Gasteiger partial charge in [-0.3, -0.25) is 9.69 Å². The highest BCUT2D eigenvalue weighted by molar-refractivity contribution is 14.1. The van der Waals surface area contributed by atoms with Gasteiger partial charge in [-0.25, -0.2) is 0 Å². The molecule has 3 unspecified atom stereocenters. The fraction of sp³-hybridized carbons (Fsp3) is 0.526. The number of esters is 1. The Balaban J connectivity index is 1.91. The molecular formula is C19H24INO2. The lowest BCUT2D eigenvalue weighted by molar-refractivity contribution is -0.150. The van der Waals surface area contributed by atoms with E-state index in [0.717, 1.165) is 19.4 Å². The Labute approximate surface area is 152 Å². The van der Waals surface area contributed by atoms with Crippen LogP contribution < -0.4 is 0 Å². The van der Waals surface area contributed by atoms with Crippen LogP contribution in [0.4, 0.5) is 0 Å². The summed E-state index contributed by atoms with van der Waals surface area (Å²) in [6.45, 7) is 3.00. The average Bonchev–Trinajstić information content (AvgIpc) is 2.84. The lowest BCUT2D eigenvalue weighted by atomic mass is 9.76. The summed E-state index contributed by atoms with van der Waals surface area (Å²) >= 11 is 2.32. The molecule has 2 saturated heterocycles. The first-order chi connectivity index (χ1) is 11.2. The molecule has 4 atom stereocenters. The number of nitrogens with zero attached hydrogens (tertiary/aromatic N) is 1. The molecule has 1 aromatic carbocycles. The molecule has 2 bridgehead atoms. The molecule has 4 heteroatoms. The molecule has 0 aliphatic carbocycles. The maximum absolute atomic E-state index is 12.6. The van der Waals surface area contributed by atoms with Gasteiger partial charge >= 0.3 is 5.97 Å². The van der Waals surface area contributed by atoms with Crippen molar-refractivity contribution in [1.29, 1.82) is 0 Å². The van der Waals surface area contributed by atoms with Gasteiger partial charge in [-0.05, 0) is 66.5 Å². The lowest BCUT2D eigenvalue weighted by Crippen LogP contribution is -2.50. The van der Waals surface area contributed by atoms with Crippen molar-refractivity contribution >= 4 is 28.6 Å². The number of allylic oxidation sites excluding steroid dienone is 1. The number of rotatable bonds is 4. The van der Waals surface area contributed by atoms with Crippen LogP contribution in [0.1, 0.15) is 37.7 Å². The minimum absolute atomic E-state index is 0.0515. The van der Waals surface area contributed by atoms with Crippen LogP contribution in [-0.2, 0) is 9.53 Å². The maximum atomic E-state index is 12.6. The topological polar surface area (TPSA) is 29.5 Å². The minimum Gasteiger partial charge on any atom is -0.469 e. The Bertz CT molecular complexity index is 584. The summed E-state index contributed by atoms with van der Waals surface area (Å²) in [6, 6.07) is 9.53. The average molecular weight is 425 g/mol. The molecule has 0 radical (unpaired) electrons. The smallest absolute Gasteiger partial charge is 0.310 e. The van der Waals surface area contributed by atoms with E-state index >= 15 is 0 Å². The van der Waals surface area contributed by atoms with Crippen molar-refractivity contribution in [3.05, 3.63) is 45.6 Å². The summed E-state index contributed by atoms with van der Waals surface area (Å²) < 4.78 is 6.41. The highest BCUT2D eigenvalue weighted by Gasteiger charge is 2.50. The van der Waals surface area contributed by atoms with Crippen LogP contribution in [0, 0.1) is 9.49 Å². The predicted octanol–water partition coefficient (Wildman–Crippen LogP) is 3.98. The largest absolute Gasteiger partial charge is 0.469 e. The normalized spacial score (nSPS) is 30.7. The number of ether oxygens (including phenoxy) is 1. The Morgan fingerprint density at radius 3 is 2.74 bits per heavy atom. The van der Waals surface area contributed by atoms with E-state index in [1.54, 1.807) is 0 Å². The summed E-state index contributed by atoms with van der Waals surface area (Å²) in [6.07, 6.45) is 7.64. The third-order valence-electron chi connectivity index (χ3n) is 5.39. The van der Waals surface area contributed by atoms with Crippen LogP contribution >= 0.6 is 22.6 Å². The zero-order valence-electron chi connectivity index (χ0n) is 13.7. The second kappa shape index (κ2) is 7.34. The van der Waals surface area contributed by atoms with Crippen molar-refractivity contribution in [2.45, 2.75) is 44.2 Å². The number of carbonyl (C=O) groups excluding carboxylic acids is 1. The minimum atomic E-state index is -0.0518. The molecule has 0 N–H and O–H groups in total. The third-order valence-corrected chi connectivity index (χ3v) is 6.11. The van der Waals surface area contributed by atoms with Gasteiger partial charge in [-0.15, -0.1) is 0 Å². The molecule has 0 aromatic heterocycles. The first-order valence-corrected chi connectivity index (χ1v) is 9.43. The molecule has 0 amide bonds. The molecule has 3 rings (SSSR count). The Kier molecular flexibility index (Phi) is 5.42. The van der Waals surface area contributed by atoms with Crippen LogP contribution in [0.25, 0.3) is 0 Å². The zero-order chi connectivity index (χ0) is 16.4. The second-order valence-electron chi connectivity index (χ2n) is 6.51. The van der Waals surface area contributed by atoms with Crippen LogP contribution in [0.2, 0.25) is 0 Å². The predicted molar refractivity (Wildman–Crippen MR) is 100 cm³/mol. The maximum Gasteiger partial charge on any atom is 0.310 e. The molecule has 3 nitrogen and oxygen atoms in total. The van der Waals surface area contributed by atoms with Gasteiger partial charge in [0.15, 0.2) is 0 Å². The van der Waals surface area contributed by atoms with Gasteiger partial charge in [-0.2, -0.15) is 0 Å². The van der Waals surface area contributed by atoms with E-state index in [-0.39, 0.29) is 17.8 Å². The van der Waals surface area contributed by atoms with Crippen molar-refractivity contribution in [3.8, 4) is 0 Å². The van der Waals surface area contributed by atoms with E-state index in [4.69, 9.17) is 4.74 Å². The Hall–Kier alpha value is -0.880. The van der Waals surface area contributed by atoms with Crippen LogP contribution in [0.15, 0.2) is 36.4 Å². The Morgan fingerprint density at radius 1 is 1.35 bits per heavy atom. The fourth-order valence-electron chi connectivity index (χ4n) is 4.33. The summed E-state index contributed by atoms with van der Waals surface area (Å²) in [5, 5.41) is 0. The summed E-state index contributed by atoms with van der Waals surface area (Å²) in [5.74, 6) is 0.173. The molecule has 2 fully saturated rings. The van der Waals surface area contributed by atoms with E-state index < -0.39 is 0 Å². The molecule has 2 aliphatic heterocycles. The molecular weight excluding hydrogens is 401 g/mol. The number of fused-ring (bicyclic) bond motifs is 2. The standard InChI is InChI=1S/C19H24INO2/c1-3-4-11-21-15-9-10-17(21)18(19(22)23-2)16(12-15)13-5-7-14(20)8-6-13/h3-8,15-18H,9-12H2,1-2H3/b4-3+/t15?,16?,17?,18-/m0/s1. The van der Waals surface area contributed by atoms with Gasteiger partial charge in [0.25, 0.3) is 0 Å². The highest BCUT2D eigenvalue weighted by Crippen LogP contribution is 2.47. The number of carbonyl (C=O) groups is 1. The van der Waals surface area contributed by atoms with Gasteiger partial charge < -0.3 is 4.74 Å². The van der Waals surface area contributed by atoms with Crippen molar-refractivity contribution in [2.24, 2.45) is 5.92 Å². The van der Waals surface area contributed by atoms with Gasteiger partial charge in [0.1, 0.15) is 0 Å². The van der Waals surface area contributed by atoms with E-state index in [1.807, 2.05) is 0 Å². The van der Waals surface area contributed by atoms with Crippen molar-refractivity contribution in [2.75, 3.05) is 13.7 Å². The van der Waals surface area contributed by atoms with Gasteiger partial charge in [0.05, 0.1) is 13.0 Å². The number of halogens is 1. The lowest BCUT2D eigenvalue weighted by Gasteiger charge is -2.43. The molecule has 0 saturated carbocycles. The van der Waals surface area contributed by atoms with Gasteiger partial charge in [0, 0.05) is 28.1 Å². The second-order valence-corrected chi connectivity index (χ2v) is 7.75. The van der Waals surface area contributed by atoms with Crippen molar-refractivity contribution in [3.63, 3.8) is 0 Å². The number of methoxy groups -OCH3 is 1. The fourth-order valence-corrected chi connectivity index (χ4v) is 4.69. The number of hydrogen-bond donors (Lipinski definition) is 0. The third kappa shape index (κ3) is 3.33. The first kappa shape index (κ1) is 17.0. The van der Waals surface area contributed by atoms with E-state index in [2.05, 4.69) is 70.8 Å². The summed E-state index contributed by atoms with van der Waals surface area (Å²) in [7, 11) is 1.52. The van der Waals surface area contributed by atoms with E-state index in [0.29, 0.717) is 12.1 Å². The Morgan fingerprint density at radius 2 is 2.09 bits per heavy atom. The number of benzene rings is 1. The van der Waals surface area contributed by atoms with E-state index in [1.165, 1.54) is 22.7 Å². The first-order valence-electron chi connectivity index (χ1n) is 8.36. The van der Waals surface area contributed by atoms with Crippen molar-refractivity contribution in [1.82, 2.24) is 4.90 Å². The molecule has 23 heavy (non-hydrogen) atoms. The van der Waals surface area contributed by atoms with Crippen LogP contribution in [0.3, 0.4) is 0 Å². The van der Waals surface area contributed by atoms with Gasteiger partial charge in [-0.1, -0.05) is 24.3 Å². The highest BCUT2D eigenvalue weighted by atomic mass is 127. The van der Waals surface area contributed by atoms with Crippen LogP contribution in [-0.4, -0.2) is 36.6 Å². The summed E-state index contributed by atoms with van der Waals surface area (Å²) in [4.78, 5) is 15.1. The monoisotopic (exact) mass is 425 g/mol. The summed E-state index contributed by atoms with van der Waals surface area (Å²) in [5.41, 5.74) is 1.28. The molecule has 0 spiro atoms. The van der Waals surface area contributed by atoms with Crippen LogP contribution in [0.5, 0.6) is 0 Å². The quantitative estimate of drug-likeness (QED) is 0.415. The number of hydrogen-bond acceptors (Lipinski definition) is 3. The van der Waals surface area contributed by atoms with Crippen molar-refractivity contribution < 1.29 is 9.53 Å². The molecule has 124 valence electrons. The molecule has 1 aromatic rings. The molecule has 2 aliphatic rings. The van der Waals surface area contributed by atoms with Gasteiger partial charge in [0.2, 0.25) is 0 Å². The number of piperidine rings is 1. The van der Waals surface area contributed by atoms with E-state index in [9.17, 15) is 4.79 Å². The SMILES string of the molecule is C/C=C/CN1C2CCC1[C@@H](C(=O)OC)C(c1ccc(I)cc1)C2.